The summed E-state index contributed by atoms with van der Waals surface area (Å²) < 4.78 is 10.9. The maximum absolute atomic E-state index is 12.8. The van der Waals surface area contributed by atoms with Crippen LogP contribution in [0.2, 0.25) is 0 Å². The van der Waals surface area contributed by atoms with E-state index in [-0.39, 0.29) is 18.6 Å². The van der Waals surface area contributed by atoms with Crippen LogP contribution in [0.15, 0.2) is 0 Å². The Morgan fingerprint density at radius 1 is 0.650 bits per heavy atom. The van der Waals surface area contributed by atoms with Gasteiger partial charge < -0.3 is 19.9 Å². The van der Waals surface area contributed by atoms with Gasteiger partial charge in [0.05, 0.1) is 0 Å². The molecule has 0 heterocycles. The number of esters is 2. The third-order valence-corrected chi connectivity index (χ3v) is 7.39. The molecule has 0 rings (SSSR count). The number of carbonyl (C=O) groups is 4. The number of amides is 1. The van der Waals surface area contributed by atoms with Crippen molar-refractivity contribution in [3.05, 3.63) is 0 Å². The lowest BCUT2D eigenvalue weighted by Gasteiger charge is -2.25. The molecule has 234 valence electrons. The Kier molecular flexibility index (Phi) is 25.0. The van der Waals surface area contributed by atoms with Crippen molar-refractivity contribution >= 4 is 36.4 Å². The number of ether oxygens (including phenoxy) is 2. The molecular weight excluding hydrogens is 530 g/mol. The van der Waals surface area contributed by atoms with E-state index >= 15 is 0 Å². The van der Waals surface area contributed by atoms with Crippen molar-refractivity contribution in [2.24, 2.45) is 0 Å². The standard InChI is InChI=1S/C31H57NO7S/c1-4-6-8-10-12-14-16-18-20-22-27(33)38-25(3)29(30(35)32-26(24-40)31(36)37)39-28(34)23-21-19-17-15-13-11-9-7-5-2/h25-26,29,40H,4-24H2,1-3H3,(H,32,35)(H,36,37)/t25-,26+,29-/m1/s1. The first-order valence-electron chi connectivity index (χ1n) is 15.8. The molecule has 0 aromatic carbocycles. The van der Waals surface area contributed by atoms with Crippen molar-refractivity contribution in [1.82, 2.24) is 5.32 Å². The highest BCUT2D eigenvalue weighted by Crippen LogP contribution is 2.15. The highest BCUT2D eigenvalue weighted by Gasteiger charge is 2.34. The summed E-state index contributed by atoms with van der Waals surface area (Å²) in [5, 5.41) is 11.6. The summed E-state index contributed by atoms with van der Waals surface area (Å²) >= 11 is 3.97. The molecular formula is C31H57NO7S. The van der Waals surface area contributed by atoms with Crippen LogP contribution < -0.4 is 5.32 Å². The van der Waals surface area contributed by atoms with Crippen LogP contribution in [0.1, 0.15) is 149 Å². The maximum atomic E-state index is 12.8. The van der Waals surface area contributed by atoms with Gasteiger partial charge in [0.1, 0.15) is 12.1 Å². The van der Waals surface area contributed by atoms with Gasteiger partial charge >= 0.3 is 17.9 Å². The molecule has 0 saturated heterocycles. The fraction of sp³-hybridized carbons (Fsp3) is 0.871. The average molecular weight is 588 g/mol. The largest absolute Gasteiger partial charge is 0.480 e. The molecule has 2 N–H and O–H groups in total. The van der Waals surface area contributed by atoms with E-state index in [9.17, 15) is 24.3 Å². The molecule has 0 aromatic heterocycles. The van der Waals surface area contributed by atoms with E-state index in [2.05, 4.69) is 31.8 Å². The minimum absolute atomic E-state index is 0.132. The molecule has 9 heteroatoms. The number of carboxylic acid groups (broad SMARTS) is 1. The smallest absolute Gasteiger partial charge is 0.327 e. The fourth-order valence-corrected chi connectivity index (χ4v) is 4.74. The van der Waals surface area contributed by atoms with Crippen LogP contribution in [0.4, 0.5) is 0 Å². The van der Waals surface area contributed by atoms with Crippen LogP contribution in [-0.4, -0.2) is 52.9 Å². The Labute approximate surface area is 248 Å². The molecule has 1 amide bonds. The number of nitrogens with one attached hydrogen (secondary N) is 1. The van der Waals surface area contributed by atoms with Gasteiger partial charge in [-0.1, -0.05) is 117 Å². The second kappa shape index (κ2) is 26.1. The minimum Gasteiger partial charge on any atom is -0.480 e. The molecule has 0 spiro atoms. The summed E-state index contributed by atoms with van der Waals surface area (Å²) in [6.07, 6.45) is 17.9. The van der Waals surface area contributed by atoms with Crippen molar-refractivity contribution < 1.29 is 33.8 Å². The lowest BCUT2D eigenvalue weighted by molar-refractivity contribution is -0.172. The molecule has 0 unspecified atom stereocenters. The average Bonchev–Trinajstić information content (AvgIpc) is 2.92. The van der Waals surface area contributed by atoms with E-state index < -0.39 is 42.1 Å². The summed E-state index contributed by atoms with van der Waals surface area (Å²) in [4.78, 5) is 49.2. The molecule has 40 heavy (non-hydrogen) atoms. The van der Waals surface area contributed by atoms with Gasteiger partial charge in [-0.2, -0.15) is 12.6 Å². The van der Waals surface area contributed by atoms with Crippen molar-refractivity contribution in [1.29, 1.82) is 0 Å². The summed E-state index contributed by atoms with van der Waals surface area (Å²) in [5.74, 6) is -3.23. The summed E-state index contributed by atoms with van der Waals surface area (Å²) in [6.45, 7) is 5.88. The molecule has 0 aliphatic carbocycles. The first-order chi connectivity index (χ1) is 19.3. The minimum atomic E-state index is -1.43. The number of carboxylic acids is 1. The van der Waals surface area contributed by atoms with Gasteiger partial charge in [-0.3, -0.25) is 14.4 Å². The predicted octanol–water partition coefficient (Wildman–Crippen LogP) is 7.17. The van der Waals surface area contributed by atoms with Crippen LogP contribution in [0.5, 0.6) is 0 Å². The van der Waals surface area contributed by atoms with Gasteiger partial charge in [0.15, 0.2) is 0 Å². The number of hydrogen-bond acceptors (Lipinski definition) is 7. The van der Waals surface area contributed by atoms with Crippen molar-refractivity contribution in [3.63, 3.8) is 0 Å². The number of unbranched alkanes of at least 4 members (excludes halogenated alkanes) is 16. The van der Waals surface area contributed by atoms with Crippen LogP contribution in [0.3, 0.4) is 0 Å². The number of thiol groups is 1. The number of carbonyl (C=O) groups excluding carboxylic acids is 3. The molecule has 0 bridgehead atoms. The molecule has 3 atom stereocenters. The van der Waals surface area contributed by atoms with E-state index in [4.69, 9.17) is 9.47 Å². The van der Waals surface area contributed by atoms with E-state index in [1.165, 1.54) is 71.1 Å². The fourth-order valence-electron chi connectivity index (χ4n) is 4.49. The zero-order valence-electron chi connectivity index (χ0n) is 25.4. The van der Waals surface area contributed by atoms with Crippen LogP contribution in [-0.2, 0) is 28.7 Å². The lowest BCUT2D eigenvalue weighted by Crippen LogP contribution is -2.51. The molecule has 0 saturated carbocycles. The highest BCUT2D eigenvalue weighted by molar-refractivity contribution is 7.80. The van der Waals surface area contributed by atoms with Gasteiger partial charge in [0.25, 0.3) is 5.91 Å². The van der Waals surface area contributed by atoms with E-state index in [1.54, 1.807) is 0 Å². The Hall–Kier alpha value is -1.77. The molecule has 0 aliphatic rings. The SMILES string of the molecule is CCCCCCCCCCCC(=O)O[C@H](C)[C@@H](OC(=O)CCCCCCCCCCC)C(=O)N[C@@H](CS)C(=O)O. The first kappa shape index (κ1) is 38.2. The second-order valence-corrected chi connectivity index (χ2v) is 11.2. The van der Waals surface area contributed by atoms with Gasteiger partial charge in [-0.15, -0.1) is 0 Å². The van der Waals surface area contributed by atoms with Gasteiger partial charge in [0, 0.05) is 18.6 Å². The molecule has 8 nitrogen and oxygen atoms in total. The Balaban J connectivity index is 4.64. The monoisotopic (exact) mass is 587 g/mol. The van der Waals surface area contributed by atoms with Gasteiger partial charge in [-0.05, 0) is 19.8 Å². The van der Waals surface area contributed by atoms with Crippen molar-refractivity contribution in [2.45, 2.75) is 167 Å². The van der Waals surface area contributed by atoms with E-state index in [0.29, 0.717) is 12.8 Å². The van der Waals surface area contributed by atoms with Gasteiger partial charge in [0.2, 0.25) is 6.10 Å². The number of aliphatic carboxylic acids is 1. The van der Waals surface area contributed by atoms with Crippen molar-refractivity contribution in [2.75, 3.05) is 5.75 Å². The van der Waals surface area contributed by atoms with Crippen LogP contribution in [0, 0.1) is 0 Å². The number of hydrogen-bond donors (Lipinski definition) is 3. The summed E-state index contributed by atoms with van der Waals surface area (Å²) in [6, 6.07) is -1.25. The first-order valence-corrected chi connectivity index (χ1v) is 16.4. The summed E-state index contributed by atoms with van der Waals surface area (Å²) in [5.41, 5.74) is 0. The quantitative estimate of drug-likeness (QED) is 0.0529. The Morgan fingerprint density at radius 3 is 1.40 bits per heavy atom. The predicted molar refractivity (Wildman–Crippen MR) is 163 cm³/mol. The van der Waals surface area contributed by atoms with Gasteiger partial charge in [-0.25, -0.2) is 4.79 Å². The Bertz CT molecular complexity index is 689. The number of rotatable bonds is 27. The molecule has 0 aliphatic heterocycles. The third kappa shape index (κ3) is 21.0. The third-order valence-electron chi connectivity index (χ3n) is 7.03. The van der Waals surface area contributed by atoms with E-state index in [1.807, 2.05) is 0 Å². The normalized spacial score (nSPS) is 13.3. The second-order valence-electron chi connectivity index (χ2n) is 10.8. The lowest BCUT2D eigenvalue weighted by atomic mass is 10.1. The Morgan fingerprint density at radius 2 is 1.02 bits per heavy atom. The maximum Gasteiger partial charge on any atom is 0.327 e. The molecule has 0 fully saturated rings. The van der Waals surface area contributed by atoms with Crippen LogP contribution >= 0.6 is 12.6 Å². The topological polar surface area (TPSA) is 119 Å². The zero-order chi connectivity index (χ0) is 30.0. The van der Waals surface area contributed by atoms with E-state index in [0.717, 1.165) is 38.5 Å². The summed E-state index contributed by atoms with van der Waals surface area (Å²) in [7, 11) is 0. The zero-order valence-corrected chi connectivity index (χ0v) is 26.3. The molecule has 0 radical (unpaired) electrons. The van der Waals surface area contributed by atoms with Crippen molar-refractivity contribution in [3.8, 4) is 0 Å². The molecule has 0 aromatic rings. The van der Waals surface area contributed by atoms with Crippen LogP contribution in [0.25, 0.3) is 0 Å². The highest BCUT2D eigenvalue weighted by atomic mass is 32.1.